The largest absolute Gasteiger partial charge is 0.480 e. The van der Waals surface area contributed by atoms with E-state index in [0.29, 0.717) is 0 Å². The quantitative estimate of drug-likeness (QED) is 0.530. The Bertz CT molecular complexity index is 556. The van der Waals surface area contributed by atoms with E-state index in [1.807, 2.05) is 0 Å². The number of ether oxygens (including phenoxy) is 1. The molecule has 0 aliphatic rings. The van der Waals surface area contributed by atoms with E-state index in [-0.39, 0.29) is 31.9 Å². The number of aliphatic hydroxyl groups excluding tert-OH is 1. The van der Waals surface area contributed by atoms with E-state index >= 15 is 0 Å². The first kappa shape index (κ1) is 16.8. The van der Waals surface area contributed by atoms with E-state index in [4.69, 9.17) is 14.9 Å². The van der Waals surface area contributed by atoms with Crippen molar-refractivity contribution < 1.29 is 24.5 Å². The van der Waals surface area contributed by atoms with Crippen molar-refractivity contribution in [3.63, 3.8) is 0 Å². The summed E-state index contributed by atoms with van der Waals surface area (Å²) >= 11 is 0. The number of methoxy groups -OCH3 is 1. The summed E-state index contributed by atoms with van der Waals surface area (Å²) in [7, 11) is 1.47. The van der Waals surface area contributed by atoms with Gasteiger partial charge >= 0.3 is 5.97 Å². The van der Waals surface area contributed by atoms with Gasteiger partial charge in [-0.15, -0.1) is 0 Å². The zero-order chi connectivity index (χ0) is 15.8. The highest BCUT2D eigenvalue weighted by atomic mass is 16.5. The molecule has 0 radical (unpaired) electrons. The van der Waals surface area contributed by atoms with Crippen LogP contribution in [-0.4, -0.2) is 58.2 Å². The van der Waals surface area contributed by atoms with Crippen molar-refractivity contribution in [3.05, 3.63) is 28.2 Å². The Hall–Kier alpha value is -2.26. The SMILES string of the molecule is COCCn1nc(C(=O)NC(CCO)C(=O)O)ccc1=O. The summed E-state index contributed by atoms with van der Waals surface area (Å²) in [5.41, 5.74) is -0.483. The number of carboxylic acid groups (broad SMARTS) is 1. The van der Waals surface area contributed by atoms with Gasteiger partial charge in [-0.25, -0.2) is 9.48 Å². The van der Waals surface area contributed by atoms with Crippen LogP contribution in [0.3, 0.4) is 0 Å². The van der Waals surface area contributed by atoms with Gasteiger partial charge in [-0.05, 0) is 6.07 Å². The summed E-state index contributed by atoms with van der Waals surface area (Å²) in [6.07, 6.45) is -0.121. The average Bonchev–Trinajstić information content (AvgIpc) is 2.45. The molecule has 0 saturated carbocycles. The number of carboxylic acids is 1. The Morgan fingerprint density at radius 2 is 2.19 bits per heavy atom. The number of hydrogen-bond acceptors (Lipinski definition) is 6. The van der Waals surface area contributed by atoms with E-state index < -0.39 is 23.5 Å². The van der Waals surface area contributed by atoms with Gasteiger partial charge in [-0.3, -0.25) is 9.59 Å². The topological polar surface area (TPSA) is 131 Å². The molecule has 9 nitrogen and oxygen atoms in total. The molecule has 0 fully saturated rings. The maximum atomic E-state index is 11.9. The van der Waals surface area contributed by atoms with E-state index in [9.17, 15) is 14.4 Å². The molecule has 116 valence electrons. The highest BCUT2D eigenvalue weighted by molar-refractivity contribution is 5.94. The molecule has 0 saturated heterocycles. The molecule has 9 heteroatoms. The molecule has 0 aliphatic heterocycles. The van der Waals surface area contributed by atoms with Gasteiger partial charge in [0.05, 0.1) is 13.2 Å². The molecule has 1 heterocycles. The molecule has 1 amide bonds. The lowest BCUT2D eigenvalue weighted by molar-refractivity contribution is -0.139. The summed E-state index contributed by atoms with van der Waals surface area (Å²) in [6, 6.07) is 1.15. The van der Waals surface area contributed by atoms with E-state index in [2.05, 4.69) is 10.4 Å². The number of hydrogen-bond donors (Lipinski definition) is 3. The van der Waals surface area contributed by atoms with E-state index in [0.717, 1.165) is 4.68 Å². The lowest BCUT2D eigenvalue weighted by Crippen LogP contribution is -2.42. The van der Waals surface area contributed by atoms with Crippen LogP contribution < -0.4 is 10.9 Å². The summed E-state index contributed by atoms with van der Waals surface area (Å²) in [5.74, 6) is -1.99. The Morgan fingerprint density at radius 3 is 2.76 bits per heavy atom. The fourth-order valence-corrected chi connectivity index (χ4v) is 1.53. The summed E-state index contributed by atoms with van der Waals surface area (Å²) in [6.45, 7) is 0.0493. The molecule has 1 unspecified atom stereocenters. The van der Waals surface area contributed by atoms with Gasteiger partial charge in [0.15, 0.2) is 0 Å². The minimum atomic E-state index is -1.26. The van der Waals surface area contributed by atoms with E-state index in [1.54, 1.807) is 0 Å². The fourth-order valence-electron chi connectivity index (χ4n) is 1.53. The smallest absolute Gasteiger partial charge is 0.326 e. The molecule has 1 aromatic rings. The first-order valence-electron chi connectivity index (χ1n) is 6.21. The molecular formula is C12H17N3O6. The number of aromatic nitrogens is 2. The maximum Gasteiger partial charge on any atom is 0.326 e. The zero-order valence-corrected chi connectivity index (χ0v) is 11.5. The van der Waals surface area contributed by atoms with Gasteiger partial charge < -0.3 is 20.3 Å². The minimum Gasteiger partial charge on any atom is -0.480 e. The minimum absolute atomic E-state index is 0.0881. The van der Waals surface area contributed by atoms with Crippen LogP contribution in [0.25, 0.3) is 0 Å². The number of amides is 1. The third-order valence-electron chi connectivity index (χ3n) is 2.63. The van der Waals surface area contributed by atoms with Crippen molar-refractivity contribution in [1.82, 2.24) is 15.1 Å². The third kappa shape index (κ3) is 4.97. The normalized spacial score (nSPS) is 11.9. The van der Waals surface area contributed by atoms with Gasteiger partial charge in [0.25, 0.3) is 11.5 Å². The zero-order valence-electron chi connectivity index (χ0n) is 11.5. The molecule has 0 bridgehead atoms. The maximum absolute atomic E-state index is 11.9. The molecule has 0 aromatic carbocycles. The van der Waals surface area contributed by atoms with Gasteiger partial charge in [-0.1, -0.05) is 0 Å². The van der Waals surface area contributed by atoms with Crippen LogP contribution in [0.15, 0.2) is 16.9 Å². The monoisotopic (exact) mass is 299 g/mol. The van der Waals surface area contributed by atoms with Crippen molar-refractivity contribution in [1.29, 1.82) is 0 Å². The van der Waals surface area contributed by atoms with Gasteiger partial charge in [0, 0.05) is 26.2 Å². The molecule has 0 aliphatic carbocycles. The third-order valence-corrected chi connectivity index (χ3v) is 2.63. The standard InChI is InChI=1S/C12H17N3O6/c1-21-7-5-15-10(17)3-2-8(14-15)11(18)13-9(4-6-16)12(19)20/h2-3,9,16H,4-7H2,1H3,(H,13,18)(H,19,20). The average molecular weight is 299 g/mol. The van der Waals surface area contributed by atoms with Crippen LogP contribution in [-0.2, 0) is 16.1 Å². The fraction of sp³-hybridized carbons (Fsp3) is 0.500. The summed E-state index contributed by atoms with van der Waals surface area (Å²) in [5, 5.41) is 23.7. The second-order valence-electron chi connectivity index (χ2n) is 4.15. The van der Waals surface area contributed by atoms with Crippen molar-refractivity contribution in [2.45, 2.75) is 19.0 Å². The molecule has 1 rings (SSSR count). The first-order valence-corrected chi connectivity index (χ1v) is 6.21. The van der Waals surface area contributed by atoms with Crippen LogP contribution in [0.2, 0.25) is 0 Å². The Kier molecular flexibility index (Phi) is 6.50. The number of rotatable bonds is 8. The van der Waals surface area contributed by atoms with Gasteiger partial charge in [-0.2, -0.15) is 5.10 Å². The highest BCUT2D eigenvalue weighted by Crippen LogP contribution is 1.96. The van der Waals surface area contributed by atoms with Crippen LogP contribution in [0.4, 0.5) is 0 Å². The Labute approximate surface area is 120 Å². The van der Waals surface area contributed by atoms with Crippen LogP contribution in [0.5, 0.6) is 0 Å². The van der Waals surface area contributed by atoms with Crippen molar-refractivity contribution in [2.24, 2.45) is 0 Å². The Morgan fingerprint density at radius 1 is 1.48 bits per heavy atom. The lowest BCUT2D eigenvalue weighted by atomic mass is 10.2. The number of carbonyl (C=O) groups excluding carboxylic acids is 1. The molecule has 1 aromatic heterocycles. The second kappa shape index (κ2) is 8.12. The summed E-state index contributed by atoms with van der Waals surface area (Å²) < 4.78 is 5.88. The molecule has 1 atom stereocenters. The predicted octanol–water partition coefficient (Wildman–Crippen LogP) is -1.54. The van der Waals surface area contributed by atoms with Crippen LogP contribution in [0, 0.1) is 0 Å². The van der Waals surface area contributed by atoms with E-state index in [1.165, 1.54) is 19.2 Å². The number of nitrogens with zero attached hydrogens (tertiary/aromatic N) is 2. The van der Waals surface area contributed by atoms with Crippen molar-refractivity contribution in [3.8, 4) is 0 Å². The number of aliphatic carboxylic acids is 1. The molecule has 0 spiro atoms. The van der Waals surface area contributed by atoms with Crippen LogP contribution >= 0.6 is 0 Å². The number of aliphatic hydroxyl groups is 1. The second-order valence-corrected chi connectivity index (χ2v) is 4.15. The molecular weight excluding hydrogens is 282 g/mol. The highest BCUT2D eigenvalue weighted by Gasteiger charge is 2.21. The van der Waals surface area contributed by atoms with Crippen molar-refractivity contribution in [2.75, 3.05) is 20.3 Å². The molecule has 3 N–H and O–H groups in total. The Balaban J connectivity index is 2.86. The molecule has 21 heavy (non-hydrogen) atoms. The first-order chi connectivity index (χ1) is 9.99. The van der Waals surface area contributed by atoms with Crippen LogP contribution in [0.1, 0.15) is 16.9 Å². The number of nitrogens with one attached hydrogen (secondary N) is 1. The predicted molar refractivity (Wildman–Crippen MR) is 71.0 cm³/mol. The lowest BCUT2D eigenvalue weighted by Gasteiger charge is -2.13. The van der Waals surface area contributed by atoms with Crippen molar-refractivity contribution >= 4 is 11.9 Å². The number of carbonyl (C=O) groups is 2. The van der Waals surface area contributed by atoms with Gasteiger partial charge in [0.2, 0.25) is 0 Å². The summed E-state index contributed by atoms with van der Waals surface area (Å²) in [4.78, 5) is 34.3. The van der Waals surface area contributed by atoms with Gasteiger partial charge in [0.1, 0.15) is 11.7 Å².